The smallest absolute Gasteiger partial charge is 0.340 e. The van der Waals surface area contributed by atoms with E-state index in [0.29, 0.717) is 16.7 Å². The lowest BCUT2D eigenvalue weighted by atomic mass is 10.1. The maximum absolute atomic E-state index is 13.7. The normalized spacial score (nSPS) is 19.6. The van der Waals surface area contributed by atoms with Crippen molar-refractivity contribution in [2.45, 2.75) is 51.4 Å². The first-order valence-electron chi connectivity index (χ1n) is 10.3. The number of nitrogens with one attached hydrogen (secondary N) is 1. The third kappa shape index (κ3) is 5.57. The van der Waals surface area contributed by atoms with E-state index in [1.54, 1.807) is 13.0 Å². The zero-order valence-electron chi connectivity index (χ0n) is 18.3. The van der Waals surface area contributed by atoms with Crippen molar-refractivity contribution in [3.63, 3.8) is 0 Å². The molecule has 13 heteroatoms. The number of alkyl halides is 4. The predicted molar refractivity (Wildman–Crippen MR) is 113 cm³/mol. The third-order valence-corrected chi connectivity index (χ3v) is 5.80. The Kier molecular flexibility index (Phi) is 7.65. The van der Waals surface area contributed by atoms with Gasteiger partial charge in [-0.05, 0) is 26.0 Å². The first kappa shape index (κ1) is 26.1. The molecule has 8 nitrogen and oxygen atoms in total. The van der Waals surface area contributed by atoms with Gasteiger partial charge in [0.05, 0.1) is 6.10 Å². The summed E-state index contributed by atoms with van der Waals surface area (Å²) in [7, 11) is 0. The summed E-state index contributed by atoms with van der Waals surface area (Å²) in [5, 5.41) is 25.4. The molecule has 2 aromatic heterocycles. The van der Waals surface area contributed by atoms with E-state index in [2.05, 4.69) is 20.0 Å². The van der Waals surface area contributed by atoms with Gasteiger partial charge in [-0.15, -0.1) is 0 Å². The second-order valence-electron chi connectivity index (χ2n) is 8.21. The van der Waals surface area contributed by atoms with Crippen molar-refractivity contribution in [1.29, 1.82) is 0 Å². The number of carbonyl (C=O) groups excluding carboxylic acids is 1. The van der Waals surface area contributed by atoms with Crippen molar-refractivity contribution in [3.8, 4) is 5.88 Å². The van der Waals surface area contributed by atoms with Gasteiger partial charge in [-0.1, -0.05) is 11.6 Å². The summed E-state index contributed by atoms with van der Waals surface area (Å²) in [6.45, 7) is 1.53. The molecule has 0 fully saturated rings. The van der Waals surface area contributed by atoms with Gasteiger partial charge in [0, 0.05) is 35.6 Å². The summed E-state index contributed by atoms with van der Waals surface area (Å²) in [5.74, 6) is -5.33. The van der Waals surface area contributed by atoms with Crippen LogP contribution in [0, 0.1) is 5.21 Å². The van der Waals surface area contributed by atoms with Crippen molar-refractivity contribution in [3.05, 3.63) is 57.1 Å². The van der Waals surface area contributed by atoms with E-state index in [-0.39, 0.29) is 30.4 Å². The summed E-state index contributed by atoms with van der Waals surface area (Å²) >= 11 is 6.04. The van der Waals surface area contributed by atoms with E-state index in [1.165, 1.54) is 25.4 Å². The molecule has 0 aliphatic carbocycles. The lowest BCUT2D eigenvalue weighted by Crippen LogP contribution is -2.39. The molecule has 1 amide bonds. The average Bonchev–Trinajstić information content (AvgIpc) is 3.13. The summed E-state index contributed by atoms with van der Waals surface area (Å²) < 4.78 is 54.7. The number of aliphatic hydroxyl groups excluding tert-OH is 1. The Bertz CT molecular complexity index is 1060. The van der Waals surface area contributed by atoms with Crippen LogP contribution in [0.3, 0.4) is 0 Å². The average molecular weight is 507 g/mol. The molecule has 2 N–H and O–H groups in total. The van der Waals surface area contributed by atoms with Gasteiger partial charge in [0.25, 0.3) is 5.91 Å². The molecule has 1 aliphatic heterocycles. The topological polar surface area (TPSA) is 107 Å². The molecule has 3 heterocycles. The van der Waals surface area contributed by atoms with Crippen LogP contribution in [0.25, 0.3) is 0 Å². The second kappa shape index (κ2) is 9.98. The molecule has 0 saturated heterocycles. The maximum atomic E-state index is 13.7. The molecule has 3 atom stereocenters. The fraction of sp³-hybridized carbons (Fsp3) is 0.476. The number of halogens is 5. The zero-order chi connectivity index (χ0) is 25.3. The van der Waals surface area contributed by atoms with Crippen molar-refractivity contribution < 1.29 is 36.8 Å². The molecule has 186 valence electrons. The van der Waals surface area contributed by atoms with Gasteiger partial charge in [-0.25, -0.2) is 13.8 Å². The van der Waals surface area contributed by atoms with Crippen molar-refractivity contribution >= 4 is 17.5 Å². The summed E-state index contributed by atoms with van der Waals surface area (Å²) in [4.78, 5) is 20.4. The van der Waals surface area contributed by atoms with Gasteiger partial charge < -0.3 is 25.0 Å². The number of ether oxygens (including phenoxy) is 1. The van der Waals surface area contributed by atoms with E-state index in [0.717, 1.165) is 0 Å². The van der Waals surface area contributed by atoms with Crippen molar-refractivity contribution in [2.75, 3.05) is 13.2 Å². The molecule has 2 aromatic rings. The van der Waals surface area contributed by atoms with Gasteiger partial charge in [-0.3, -0.25) is 9.78 Å². The summed E-state index contributed by atoms with van der Waals surface area (Å²) in [6.07, 6.45) is -2.01. The molecular weight excluding hydrogens is 484 g/mol. The third-order valence-electron chi connectivity index (χ3n) is 5.53. The molecule has 0 bridgehead atoms. The molecule has 3 rings (SSSR count). The van der Waals surface area contributed by atoms with Crippen LogP contribution in [0.2, 0.25) is 5.02 Å². The van der Waals surface area contributed by atoms with Gasteiger partial charge in [-0.2, -0.15) is 8.78 Å². The van der Waals surface area contributed by atoms with E-state index >= 15 is 0 Å². The molecule has 0 saturated carbocycles. The Morgan fingerprint density at radius 2 is 2.06 bits per heavy atom. The number of aliphatic hydroxyl groups is 1. The Morgan fingerprint density at radius 3 is 2.68 bits per heavy atom. The number of rotatable bonds is 9. The van der Waals surface area contributed by atoms with Crippen LogP contribution in [-0.4, -0.2) is 57.2 Å². The highest BCUT2D eigenvalue weighted by Gasteiger charge is 2.42. The van der Waals surface area contributed by atoms with E-state index in [4.69, 9.17) is 11.6 Å². The minimum Gasteiger partial charge on any atom is -0.632 e. The van der Waals surface area contributed by atoms with Gasteiger partial charge in [0.2, 0.25) is 5.88 Å². The van der Waals surface area contributed by atoms with Crippen LogP contribution < -0.4 is 10.1 Å². The number of pyridine rings is 2. The molecule has 0 spiro atoms. The highest BCUT2D eigenvalue weighted by atomic mass is 35.5. The molecular formula is C21H23ClF4N4O4. The van der Waals surface area contributed by atoms with Crippen LogP contribution in [0.1, 0.15) is 47.1 Å². The number of amides is 1. The Morgan fingerprint density at radius 1 is 1.35 bits per heavy atom. The van der Waals surface area contributed by atoms with Gasteiger partial charge in [0.15, 0.2) is 6.61 Å². The lowest BCUT2D eigenvalue weighted by Gasteiger charge is -2.44. The molecule has 1 aliphatic rings. The predicted octanol–water partition coefficient (Wildman–Crippen LogP) is 3.61. The van der Waals surface area contributed by atoms with Crippen LogP contribution in [0.15, 0.2) is 24.5 Å². The van der Waals surface area contributed by atoms with E-state index < -0.39 is 47.5 Å². The van der Waals surface area contributed by atoms with Gasteiger partial charge in [0.1, 0.15) is 29.8 Å². The standard InChI is InChI=1S/C21H23ClF4N4O4/c1-11(31)6-28-18(32)17-15-9-30(33,8-13(15)3-4-27-17)12(2)14-5-16(22)19(29-7-14)34-10-21(25,26)20(23)24/h3-5,7,11-12,20,31H,6,8-10H2,1-2H3,(H,28,32)/t11-,12?,30?/m1/s1. The number of fused-ring (bicyclic) bond motifs is 1. The molecule has 0 radical (unpaired) electrons. The summed E-state index contributed by atoms with van der Waals surface area (Å²) in [5.41, 5.74) is 1.60. The van der Waals surface area contributed by atoms with E-state index in [9.17, 15) is 32.7 Å². The molecule has 2 unspecified atom stereocenters. The number of carbonyl (C=O) groups is 1. The molecule has 34 heavy (non-hydrogen) atoms. The first-order chi connectivity index (χ1) is 15.8. The van der Waals surface area contributed by atoms with Crippen LogP contribution in [-0.2, 0) is 13.1 Å². The van der Waals surface area contributed by atoms with Gasteiger partial charge >= 0.3 is 12.3 Å². The number of nitrogens with zero attached hydrogens (tertiary/aromatic N) is 3. The minimum absolute atomic E-state index is 0.0276. The van der Waals surface area contributed by atoms with Crippen LogP contribution >= 0.6 is 11.6 Å². The zero-order valence-corrected chi connectivity index (χ0v) is 19.0. The molecule has 0 aromatic carbocycles. The SMILES string of the molecule is CC(c1cnc(OCC(F)(F)C(F)F)c(Cl)c1)[N+]1([O-])Cc2ccnc(C(=O)NC[C@@H](C)O)c2C1. The van der Waals surface area contributed by atoms with Crippen molar-refractivity contribution in [2.24, 2.45) is 0 Å². The number of quaternary nitrogens is 1. The van der Waals surface area contributed by atoms with Crippen LogP contribution in [0.4, 0.5) is 17.6 Å². The first-order valence-corrected chi connectivity index (χ1v) is 10.7. The maximum Gasteiger partial charge on any atom is 0.340 e. The Hall–Kier alpha value is -2.54. The number of hydroxylamine groups is 3. The highest BCUT2D eigenvalue weighted by molar-refractivity contribution is 6.31. The Labute approximate surface area is 197 Å². The number of hydrogen-bond donors (Lipinski definition) is 2. The fourth-order valence-electron chi connectivity index (χ4n) is 3.54. The fourth-order valence-corrected chi connectivity index (χ4v) is 3.77. The minimum atomic E-state index is -4.37. The number of aromatic nitrogens is 2. The quantitative estimate of drug-likeness (QED) is 0.306. The van der Waals surface area contributed by atoms with Crippen molar-refractivity contribution in [1.82, 2.24) is 15.3 Å². The largest absolute Gasteiger partial charge is 0.632 e. The monoisotopic (exact) mass is 506 g/mol. The Balaban J connectivity index is 1.76. The van der Waals surface area contributed by atoms with E-state index in [1.807, 2.05) is 0 Å². The lowest BCUT2D eigenvalue weighted by molar-refractivity contribution is -0.928. The van der Waals surface area contributed by atoms with Crippen LogP contribution in [0.5, 0.6) is 5.88 Å². The number of hydrogen-bond acceptors (Lipinski definition) is 6. The highest BCUT2D eigenvalue weighted by Crippen LogP contribution is 2.40. The second-order valence-corrected chi connectivity index (χ2v) is 8.61. The summed E-state index contributed by atoms with van der Waals surface area (Å²) in [6, 6.07) is 2.23.